The number of pyridine rings is 1. The second-order valence-corrected chi connectivity index (χ2v) is 9.10. The molecule has 1 heterocycles. The van der Waals surface area contributed by atoms with Crippen LogP contribution in [0.4, 0.5) is 10.5 Å². The average molecular weight is 505 g/mol. The van der Waals surface area contributed by atoms with Crippen LogP contribution in [0.3, 0.4) is 0 Å². The Kier molecular flexibility index (Phi) is 8.52. The highest BCUT2D eigenvalue weighted by atomic mass is 32.2. The van der Waals surface area contributed by atoms with E-state index in [-0.39, 0.29) is 0 Å². The molecule has 0 radical (unpaired) electrons. The largest absolute Gasteiger partial charge is 0.493 e. The number of amides is 1. The molecule has 186 valence electrons. The first-order valence-corrected chi connectivity index (χ1v) is 12.5. The van der Waals surface area contributed by atoms with Crippen molar-refractivity contribution in [3.8, 4) is 23.0 Å². The van der Waals surface area contributed by atoms with Gasteiger partial charge in [-0.15, -0.1) is 11.8 Å². The summed E-state index contributed by atoms with van der Waals surface area (Å²) in [5, 5.41) is 3.53. The number of nitrogens with zero attached hydrogens (tertiary/aromatic N) is 1. The minimum absolute atomic E-state index is 0.356. The summed E-state index contributed by atoms with van der Waals surface area (Å²) in [6, 6.07) is 20.9. The molecule has 0 fully saturated rings. The van der Waals surface area contributed by atoms with Gasteiger partial charge in [-0.3, -0.25) is 10.3 Å². The predicted octanol–water partition coefficient (Wildman–Crippen LogP) is 7.08. The zero-order valence-corrected chi connectivity index (χ0v) is 21.3. The number of ether oxygens (including phenoxy) is 4. The van der Waals surface area contributed by atoms with Crippen LogP contribution in [0.2, 0.25) is 0 Å². The molecule has 0 saturated carbocycles. The molecule has 1 amide bonds. The van der Waals surface area contributed by atoms with Crippen LogP contribution in [0, 0.1) is 6.92 Å². The molecule has 0 bridgehead atoms. The van der Waals surface area contributed by atoms with E-state index < -0.39 is 6.09 Å². The molecule has 4 rings (SSSR count). The summed E-state index contributed by atoms with van der Waals surface area (Å²) < 4.78 is 22.1. The molecule has 1 aromatic heterocycles. The lowest BCUT2D eigenvalue weighted by Gasteiger charge is -2.12. The van der Waals surface area contributed by atoms with E-state index in [9.17, 15) is 4.79 Å². The van der Waals surface area contributed by atoms with Crippen LogP contribution in [0.15, 0.2) is 77.8 Å². The van der Waals surface area contributed by atoms with Gasteiger partial charge in [0, 0.05) is 34.0 Å². The molecule has 0 aliphatic rings. The Hall–Kier alpha value is -3.91. The molecule has 0 spiro atoms. The lowest BCUT2D eigenvalue weighted by atomic mass is 10.2. The van der Waals surface area contributed by atoms with E-state index >= 15 is 0 Å². The van der Waals surface area contributed by atoms with Gasteiger partial charge in [0.05, 0.1) is 26.3 Å². The van der Waals surface area contributed by atoms with Crippen molar-refractivity contribution < 1.29 is 23.7 Å². The molecule has 8 heteroatoms. The van der Waals surface area contributed by atoms with Crippen LogP contribution < -0.4 is 19.5 Å². The Morgan fingerprint density at radius 1 is 0.917 bits per heavy atom. The SMILES string of the molecule is COc1cc2nccc(Oc3ccc(NC(=O)OCCCSc4ccc(C)cc4)cc3)c2cc1OC. The topological polar surface area (TPSA) is 78.9 Å². The molecule has 0 unspecified atom stereocenters. The number of rotatable bonds is 10. The number of anilines is 1. The van der Waals surface area contributed by atoms with Crippen LogP contribution in [0.1, 0.15) is 12.0 Å². The quantitative estimate of drug-likeness (QED) is 0.182. The summed E-state index contributed by atoms with van der Waals surface area (Å²) in [7, 11) is 3.17. The number of aromatic nitrogens is 1. The maximum atomic E-state index is 12.1. The molecular formula is C28H28N2O5S. The maximum Gasteiger partial charge on any atom is 0.411 e. The van der Waals surface area contributed by atoms with Crippen molar-refractivity contribution in [2.45, 2.75) is 18.2 Å². The first kappa shape index (κ1) is 25.2. The number of carbonyl (C=O) groups is 1. The number of nitrogens with one attached hydrogen (secondary N) is 1. The first-order valence-electron chi connectivity index (χ1n) is 11.5. The first-order chi connectivity index (χ1) is 17.6. The van der Waals surface area contributed by atoms with Gasteiger partial charge in [0.25, 0.3) is 0 Å². The van der Waals surface area contributed by atoms with Crippen molar-refractivity contribution in [1.29, 1.82) is 0 Å². The molecule has 0 aliphatic carbocycles. The van der Waals surface area contributed by atoms with Crippen molar-refractivity contribution >= 4 is 34.4 Å². The number of thioether (sulfide) groups is 1. The van der Waals surface area contributed by atoms with Gasteiger partial charge >= 0.3 is 6.09 Å². The molecule has 7 nitrogen and oxygen atoms in total. The highest BCUT2D eigenvalue weighted by molar-refractivity contribution is 7.99. The summed E-state index contributed by atoms with van der Waals surface area (Å²) in [6.45, 7) is 2.43. The maximum absolute atomic E-state index is 12.1. The molecule has 0 atom stereocenters. The summed E-state index contributed by atoms with van der Waals surface area (Å²) >= 11 is 1.75. The number of hydrogen-bond donors (Lipinski definition) is 1. The fourth-order valence-corrected chi connectivity index (χ4v) is 4.30. The number of carbonyl (C=O) groups excluding carboxylic acids is 1. The second-order valence-electron chi connectivity index (χ2n) is 7.94. The van der Waals surface area contributed by atoms with Gasteiger partial charge in [-0.1, -0.05) is 17.7 Å². The van der Waals surface area contributed by atoms with Gasteiger partial charge in [0.1, 0.15) is 11.5 Å². The average Bonchev–Trinajstić information content (AvgIpc) is 2.90. The summed E-state index contributed by atoms with van der Waals surface area (Å²) in [4.78, 5) is 17.7. The van der Waals surface area contributed by atoms with Gasteiger partial charge < -0.3 is 18.9 Å². The monoisotopic (exact) mass is 504 g/mol. The van der Waals surface area contributed by atoms with Crippen molar-refractivity contribution in [3.05, 3.63) is 78.5 Å². The third-order valence-electron chi connectivity index (χ3n) is 5.35. The smallest absolute Gasteiger partial charge is 0.411 e. The molecule has 0 aliphatic heterocycles. The molecule has 4 aromatic rings. The van der Waals surface area contributed by atoms with Crippen molar-refractivity contribution in [1.82, 2.24) is 4.98 Å². The molecular weight excluding hydrogens is 476 g/mol. The molecule has 3 aromatic carbocycles. The Morgan fingerprint density at radius 3 is 2.36 bits per heavy atom. The summed E-state index contributed by atoms with van der Waals surface area (Å²) in [6.07, 6.45) is 1.97. The fourth-order valence-electron chi connectivity index (χ4n) is 3.47. The zero-order chi connectivity index (χ0) is 25.3. The molecule has 0 saturated heterocycles. The minimum atomic E-state index is -0.481. The molecule has 36 heavy (non-hydrogen) atoms. The third kappa shape index (κ3) is 6.60. The van der Waals surface area contributed by atoms with Crippen LogP contribution in [-0.4, -0.2) is 37.7 Å². The van der Waals surface area contributed by atoms with Crippen molar-refractivity contribution in [3.63, 3.8) is 0 Å². The van der Waals surface area contributed by atoms with E-state index in [4.69, 9.17) is 18.9 Å². The van der Waals surface area contributed by atoms with Crippen LogP contribution in [-0.2, 0) is 4.74 Å². The predicted molar refractivity (Wildman–Crippen MR) is 143 cm³/mol. The summed E-state index contributed by atoms with van der Waals surface area (Å²) in [5.41, 5.74) is 2.59. The van der Waals surface area contributed by atoms with Crippen molar-refractivity contribution in [2.75, 3.05) is 31.9 Å². The standard InChI is InChI=1S/C28H28N2O5S/c1-19-5-11-22(12-6-19)36-16-4-15-34-28(31)30-20-7-9-21(10-8-20)35-25-13-14-29-24-18-27(33-3)26(32-2)17-23(24)25/h5-14,17-18H,4,15-16H2,1-3H3,(H,30,31). The van der Waals surface area contributed by atoms with Crippen LogP contribution in [0.5, 0.6) is 23.0 Å². The van der Waals surface area contributed by atoms with E-state index in [1.807, 2.05) is 6.07 Å². The number of fused-ring (bicyclic) bond motifs is 1. The van der Waals surface area contributed by atoms with E-state index in [2.05, 4.69) is 41.5 Å². The van der Waals surface area contributed by atoms with Gasteiger partial charge in [-0.2, -0.15) is 0 Å². The Bertz CT molecular complexity index is 1310. The van der Waals surface area contributed by atoms with Crippen molar-refractivity contribution in [2.24, 2.45) is 0 Å². The van der Waals surface area contributed by atoms with Gasteiger partial charge in [-0.05, 0) is 61.9 Å². The normalized spacial score (nSPS) is 10.6. The Balaban J connectivity index is 1.28. The summed E-state index contributed by atoms with van der Waals surface area (Å²) in [5.74, 6) is 3.32. The van der Waals surface area contributed by atoms with Crippen LogP contribution in [0.25, 0.3) is 10.9 Å². The number of benzene rings is 3. The van der Waals surface area contributed by atoms with E-state index in [1.165, 1.54) is 10.5 Å². The minimum Gasteiger partial charge on any atom is -0.493 e. The second kappa shape index (κ2) is 12.2. The highest BCUT2D eigenvalue weighted by Gasteiger charge is 2.11. The third-order valence-corrected chi connectivity index (χ3v) is 6.45. The highest BCUT2D eigenvalue weighted by Crippen LogP contribution is 2.37. The zero-order valence-electron chi connectivity index (χ0n) is 20.4. The van der Waals surface area contributed by atoms with E-state index in [0.29, 0.717) is 35.3 Å². The van der Waals surface area contributed by atoms with Gasteiger partial charge in [0.2, 0.25) is 0 Å². The number of methoxy groups -OCH3 is 2. The van der Waals surface area contributed by atoms with Crippen LogP contribution >= 0.6 is 11.8 Å². The Morgan fingerprint density at radius 2 is 1.64 bits per heavy atom. The Labute approximate surface area is 214 Å². The van der Waals surface area contributed by atoms with Gasteiger partial charge in [-0.25, -0.2) is 4.79 Å². The van der Waals surface area contributed by atoms with E-state index in [1.54, 1.807) is 68.6 Å². The molecule has 1 N–H and O–H groups in total. The lowest BCUT2D eigenvalue weighted by Crippen LogP contribution is -2.14. The van der Waals surface area contributed by atoms with E-state index in [0.717, 1.165) is 23.1 Å². The number of aryl methyl sites for hydroxylation is 1. The lowest BCUT2D eigenvalue weighted by molar-refractivity contribution is 0.162. The number of hydrogen-bond acceptors (Lipinski definition) is 7. The van der Waals surface area contributed by atoms with Gasteiger partial charge in [0.15, 0.2) is 11.5 Å². The fraction of sp³-hybridized carbons (Fsp3) is 0.214.